The third-order valence-electron chi connectivity index (χ3n) is 6.81. The van der Waals surface area contributed by atoms with Crippen LogP contribution in [0.5, 0.6) is 5.75 Å². The second-order valence-electron chi connectivity index (χ2n) is 9.61. The number of hydrogen-bond acceptors (Lipinski definition) is 8. The van der Waals surface area contributed by atoms with E-state index < -0.39 is 0 Å². The van der Waals surface area contributed by atoms with Crippen LogP contribution >= 0.6 is 23.1 Å². The zero-order valence-corrected chi connectivity index (χ0v) is 23.3. The smallest absolute Gasteiger partial charge is 0.268 e. The van der Waals surface area contributed by atoms with E-state index in [1.54, 1.807) is 23.8 Å². The summed E-state index contributed by atoms with van der Waals surface area (Å²) >= 11 is 2.81. The van der Waals surface area contributed by atoms with E-state index in [0.29, 0.717) is 52.4 Å². The minimum Gasteiger partial charge on any atom is -0.495 e. The Morgan fingerprint density at radius 1 is 1.18 bits per heavy atom. The number of fused-ring (bicyclic) bond motifs is 5. The van der Waals surface area contributed by atoms with Crippen LogP contribution in [-0.2, 0) is 22.6 Å². The van der Waals surface area contributed by atoms with E-state index in [1.165, 1.54) is 23.1 Å². The van der Waals surface area contributed by atoms with Gasteiger partial charge in [0.1, 0.15) is 10.6 Å². The van der Waals surface area contributed by atoms with Crippen LogP contribution in [0.3, 0.4) is 0 Å². The van der Waals surface area contributed by atoms with Gasteiger partial charge in [-0.1, -0.05) is 55.9 Å². The molecule has 0 aliphatic carbocycles. The van der Waals surface area contributed by atoms with Gasteiger partial charge in [0.2, 0.25) is 11.7 Å². The number of carbonyl (C=O) groups is 1. The van der Waals surface area contributed by atoms with Crippen molar-refractivity contribution in [1.82, 2.24) is 19.2 Å². The zero-order chi connectivity index (χ0) is 27.1. The minimum atomic E-state index is -0.201. The van der Waals surface area contributed by atoms with E-state index in [0.717, 1.165) is 15.3 Å². The number of hydrogen-bond donors (Lipinski definition) is 1. The summed E-state index contributed by atoms with van der Waals surface area (Å²) in [6.07, 6.45) is 0.720. The number of anilines is 1. The van der Waals surface area contributed by atoms with Crippen LogP contribution < -0.4 is 15.6 Å². The number of methoxy groups -OCH3 is 1. The number of ether oxygens (including phenoxy) is 2. The predicted molar refractivity (Wildman–Crippen MR) is 153 cm³/mol. The third kappa shape index (κ3) is 4.60. The summed E-state index contributed by atoms with van der Waals surface area (Å²) < 4.78 is 15.0. The number of carbonyl (C=O) groups excluding carboxylic acids is 1. The van der Waals surface area contributed by atoms with E-state index in [1.807, 2.05) is 46.9 Å². The van der Waals surface area contributed by atoms with Crippen LogP contribution in [0.2, 0.25) is 0 Å². The number of nitrogens with one attached hydrogen (secondary N) is 1. The highest BCUT2D eigenvalue weighted by Gasteiger charge is 2.30. The van der Waals surface area contributed by atoms with Gasteiger partial charge in [-0.2, -0.15) is 0 Å². The van der Waals surface area contributed by atoms with E-state index in [9.17, 15) is 9.59 Å². The largest absolute Gasteiger partial charge is 0.495 e. The van der Waals surface area contributed by atoms with Crippen molar-refractivity contribution in [1.29, 1.82) is 0 Å². The predicted octanol–water partition coefficient (Wildman–Crippen LogP) is 4.93. The van der Waals surface area contributed by atoms with Crippen molar-refractivity contribution in [2.75, 3.05) is 18.2 Å². The molecule has 1 aliphatic heterocycles. The molecule has 9 nitrogen and oxygen atoms in total. The van der Waals surface area contributed by atoms with Crippen LogP contribution in [-0.4, -0.2) is 44.0 Å². The van der Waals surface area contributed by atoms with Gasteiger partial charge in [-0.05, 0) is 35.7 Å². The molecule has 1 unspecified atom stereocenters. The Balaban J connectivity index is 1.44. The molecule has 4 heterocycles. The summed E-state index contributed by atoms with van der Waals surface area (Å²) in [5.74, 6) is 1.23. The summed E-state index contributed by atoms with van der Waals surface area (Å²) in [6, 6.07) is 16.7. The highest BCUT2D eigenvalue weighted by molar-refractivity contribution is 7.99. The number of aromatic nitrogens is 4. The quantitative estimate of drug-likeness (QED) is 0.281. The van der Waals surface area contributed by atoms with Crippen LogP contribution in [0.25, 0.3) is 21.7 Å². The maximum Gasteiger partial charge on any atom is 0.268 e. The topological polar surface area (TPSA) is 99.7 Å². The molecule has 1 atom stereocenters. The van der Waals surface area contributed by atoms with Crippen molar-refractivity contribution in [3.8, 4) is 11.4 Å². The Kier molecular flexibility index (Phi) is 6.88. The van der Waals surface area contributed by atoms with Crippen LogP contribution in [0, 0.1) is 5.92 Å². The molecule has 1 N–H and O–H groups in total. The molecule has 6 rings (SSSR count). The first-order valence-corrected chi connectivity index (χ1v) is 14.4. The minimum absolute atomic E-state index is 0.0454. The average Bonchev–Trinajstić information content (AvgIpc) is 3.54. The fourth-order valence-electron chi connectivity index (χ4n) is 4.83. The number of nitrogens with zero attached hydrogens (tertiary/aromatic N) is 4. The summed E-state index contributed by atoms with van der Waals surface area (Å²) in [5, 5.41) is 12.9. The van der Waals surface area contributed by atoms with Gasteiger partial charge in [-0.15, -0.1) is 21.5 Å². The molecule has 1 amide bonds. The van der Waals surface area contributed by atoms with Gasteiger partial charge in [0, 0.05) is 11.3 Å². The highest BCUT2D eigenvalue weighted by atomic mass is 32.2. The van der Waals surface area contributed by atoms with Crippen LogP contribution in [0.1, 0.15) is 24.3 Å². The van der Waals surface area contributed by atoms with Crippen LogP contribution in [0.4, 0.5) is 5.69 Å². The molecule has 1 aliphatic rings. The molecule has 200 valence electrons. The van der Waals surface area contributed by atoms with Crippen molar-refractivity contribution in [2.45, 2.75) is 38.1 Å². The first kappa shape index (κ1) is 25.6. The molecule has 0 fully saturated rings. The van der Waals surface area contributed by atoms with Gasteiger partial charge in [0.15, 0.2) is 5.16 Å². The van der Waals surface area contributed by atoms with Gasteiger partial charge in [0.25, 0.3) is 5.56 Å². The van der Waals surface area contributed by atoms with E-state index in [-0.39, 0.29) is 23.3 Å². The zero-order valence-electron chi connectivity index (χ0n) is 21.7. The lowest BCUT2D eigenvalue weighted by atomic mass is 9.96. The SMILES string of the molecule is COc1ccccc1NC(=O)CSc1nnc2n(-c3ccccc3)c(=O)c3c4c(sc3n12)COC(C(C)C)C4. The van der Waals surface area contributed by atoms with Gasteiger partial charge in [-0.25, -0.2) is 8.97 Å². The molecule has 0 bridgehead atoms. The molecule has 5 aromatic rings. The Morgan fingerprint density at radius 2 is 1.95 bits per heavy atom. The van der Waals surface area contributed by atoms with E-state index in [2.05, 4.69) is 29.4 Å². The Bertz CT molecular complexity index is 1740. The summed E-state index contributed by atoms with van der Waals surface area (Å²) in [5.41, 5.74) is 2.22. The van der Waals surface area contributed by atoms with Gasteiger partial charge in [0.05, 0.1) is 42.3 Å². The van der Waals surface area contributed by atoms with Gasteiger partial charge >= 0.3 is 0 Å². The molecule has 0 radical (unpaired) electrons. The first-order chi connectivity index (χ1) is 19.0. The van der Waals surface area contributed by atoms with Crippen molar-refractivity contribution in [3.63, 3.8) is 0 Å². The molecule has 0 saturated heterocycles. The van der Waals surface area contributed by atoms with Crippen LogP contribution in [0.15, 0.2) is 64.5 Å². The maximum absolute atomic E-state index is 14.1. The lowest BCUT2D eigenvalue weighted by Crippen LogP contribution is -2.28. The molecule has 11 heteroatoms. The molecule has 0 saturated carbocycles. The molecular weight excluding hydrogens is 534 g/mol. The van der Waals surface area contributed by atoms with Crippen molar-refractivity contribution in [2.24, 2.45) is 5.92 Å². The monoisotopic (exact) mass is 561 g/mol. The Morgan fingerprint density at radius 3 is 2.72 bits per heavy atom. The van der Waals surface area contributed by atoms with Gasteiger partial charge in [-0.3, -0.25) is 9.59 Å². The molecule has 39 heavy (non-hydrogen) atoms. The number of rotatable bonds is 7. The lowest BCUT2D eigenvalue weighted by molar-refractivity contribution is -0.113. The normalized spacial score (nSPS) is 15.1. The molecular formula is C28H27N5O4S2. The number of thiophene rings is 1. The third-order valence-corrected chi connectivity index (χ3v) is 8.93. The second-order valence-corrected chi connectivity index (χ2v) is 11.6. The summed E-state index contributed by atoms with van der Waals surface area (Å²) in [4.78, 5) is 28.7. The number of amides is 1. The van der Waals surface area contributed by atoms with E-state index >= 15 is 0 Å². The number of benzene rings is 2. The fraction of sp³-hybridized carbons (Fsp3) is 0.286. The lowest BCUT2D eigenvalue weighted by Gasteiger charge is -2.26. The standard InChI is InChI=1S/C28H27N5O4S2/c1-16(2)21-13-18-22(14-37-21)39-26-24(18)25(35)32(17-9-5-4-6-10-17)27-30-31-28(33(26)27)38-15-23(34)29-19-11-7-8-12-20(19)36-3/h4-12,16,21H,13-15H2,1-3H3,(H,29,34). The second kappa shape index (κ2) is 10.5. The van der Waals surface area contributed by atoms with E-state index in [4.69, 9.17) is 9.47 Å². The highest BCUT2D eigenvalue weighted by Crippen LogP contribution is 2.37. The van der Waals surface area contributed by atoms with Gasteiger partial charge < -0.3 is 14.8 Å². The average molecular weight is 562 g/mol. The molecule has 0 spiro atoms. The molecule has 3 aromatic heterocycles. The molecule has 2 aromatic carbocycles. The Hall–Kier alpha value is -3.67. The summed E-state index contributed by atoms with van der Waals surface area (Å²) in [7, 11) is 1.56. The van der Waals surface area contributed by atoms with Crippen molar-refractivity contribution < 1.29 is 14.3 Å². The number of para-hydroxylation sites is 3. The number of thioether (sulfide) groups is 1. The first-order valence-electron chi connectivity index (χ1n) is 12.6. The van der Waals surface area contributed by atoms with Crippen molar-refractivity contribution >= 4 is 50.7 Å². The van der Waals surface area contributed by atoms with Crippen molar-refractivity contribution in [3.05, 3.63) is 75.4 Å². The summed E-state index contributed by atoms with van der Waals surface area (Å²) in [6.45, 7) is 4.74. The fourth-order valence-corrected chi connectivity index (χ4v) is 6.87. The maximum atomic E-state index is 14.1. The Labute approximate surface area is 232 Å².